The van der Waals surface area contributed by atoms with Gasteiger partial charge < -0.3 is 15.1 Å². The van der Waals surface area contributed by atoms with Crippen LogP contribution in [-0.4, -0.2) is 24.0 Å². The van der Waals surface area contributed by atoms with E-state index in [-0.39, 0.29) is 22.6 Å². The topological polar surface area (TPSA) is 96.3 Å². The van der Waals surface area contributed by atoms with Gasteiger partial charge in [0.05, 0.1) is 12.2 Å². The average molecular weight is 404 g/mol. The predicted octanol–water partition coefficient (Wildman–Crippen LogP) is 4.22. The molecule has 3 N–H and O–H groups in total. The maximum atomic E-state index is 13.6. The molecule has 0 unspecified atom stereocenters. The number of anilines is 1. The molecule has 0 aliphatic carbocycles. The van der Waals surface area contributed by atoms with Gasteiger partial charge in [0.1, 0.15) is 22.2 Å². The lowest BCUT2D eigenvalue weighted by atomic mass is 9.98. The van der Waals surface area contributed by atoms with Crippen LogP contribution in [-0.2, 0) is 0 Å². The summed E-state index contributed by atoms with van der Waals surface area (Å²) in [6, 6.07) is 3.48. The van der Waals surface area contributed by atoms with E-state index in [0.29, 0.717) is 21.7 Å². The monoisotopic (exact) mass is 404 g/mol. The Balaban J connectivity index is 1.80. The van der Waals surface area contributed by atoms with Crippen LogP contribution in [0.25, 0.3) is 11.0 Å². The summed E-state index contributed by atoms with van der Waals surface area (Å²) in [4.78, 5) is 28.0. The Morgan fingerprint density at radius 1 is 1.29 bits per heavy atom. The summed E-state index contributed by atoms with van der Waals surface area (Å²) in [5.74, 6) is -0.0469. The number of aromatic nitrogens is 1. The van der Waals surface area contributed by atoms with E-state index in [1.807, 2.05) is 20.8 Å². The minimum absolute atomic E-state index is 0.0257. The van der Waals surface area contributed by atoms with E-state index in [4.69, 9.17) is 4.42 Å². The number of fused-ring (bicyclic) bond motifs is 1. The highest BCUT2D eigenvalue weighted by Gasteiger charge is 2.25. The van der Waals surface area contributed by atoms with Gasteiger partial charge in [-0.3, -0.25) is 10.1 Å². The molecule has 148 valence electrons. The van der Waals surface area contributed by atoms with Crippen molar-refractivity contribution in [3.63, 3.8) is 0 Å². The molecular weight excluding hydrogens is 383 g/mol. The fourth-order valence-corrected chi connectivity index (χ4v) is 3.63. The normalized spacial score (nSPS) is 12.2. The summed E-state index contributed by atoms with van der Waals surface area (Å²) in [7, 11) is 1.51. The molecule has 0 aliphatic rings. The number of nitrogens with one attached hydrogen (secondary N) is 3. The maximum absolute atomic E-state index is 13.6. The number of aryl methyl sites for hydroxylation is 1. The van der Waals surface area contributed by atoms with E-state index in [0.717, 1.165) is 16.9 Å². The molecule has 0 saturated carbocycles. The number of amides is 3. The zero-order valence-corrected chi connectivity index (χ0v) is 16.7. The molecule has 0 fully saturated rings. The van der Waals surface area contributed by atoms with Gasteiger partial charge in [0.15, 0.2) is 5.01 Å². The predicted molar refractivity (Wildman–Crippen MR) is 106 cm³/mol. The van der Waals surface area contributed by atoms with Gasteiger partial charge in [-0.2, -0.15) is 0 Å². The highest BCUT2D eigenvalue weighted by atomic mass is 32.1. The van der Waals surface area contributed by atoms with Crippen molar-refractivity contribution in [3.8, 4) is 0 Å². The zero-order chi connectivity index (χ0) is 20.4. The van der Waals surface area contributed by atoms with Gasteiger partial charge in [0.2, 0.25) is 0 Å². The second-order valence-electron chi connectivity index (χ2n) is 6.66. The van der Waals surface area contributed by atoms with Crippen LogP contribution < -0.4 is 16.0 Å². The standard InChI is InChI=1S/C19H21FN4O3S/c1-9(2)15(16-10(3)12-7-11(20)5-6-13(12)27-16)24-19(26)23-14-8-22-18(28-14)17(25)21-4/h5-9,15H,1-4H3,(H,21,25)(H2,23,24,26)/t15-/m1/s1. The van der Waals surface area contributed by atoms with E-state index >= 15 is 0 Å². The SMILES string of the molecule is CNC(=O)c1ncc(NC(=O)N[C@@H](c2oc3ccc(F)cc3c2C)C(C)C)s1. The highest BCUT2D eigenvalue weighted by molar-refractivity contribution is 7.17. The van der Waals surface area contributed by atoms with Crippen LogP contribution in [0, 0.1) is 18.7 Å². The Bertz CT molecular complexity index is 1030. The van der Waals surface area contributed by atoms with Crippen LogP contribution in [0.4, 0.5) is 14.2 Å². The highest BCUT2D eigenvalue weighted by Crippen LogP contribution is 2.33. The molecule has 2 aromatic heterocycles. The third-order valence-electron chi connectivity index (χ3n) is 4.33. The first-order chi connectivity index (χ1) is 13.3. The van der Waals surface area contributed by atoms with Crippen molar-refractivity contribution in [2.24, 2.45) is 5.92 Å². The molecular formula is C19H21FN4O3S. The molecule has 3 amide bonds. The van der Waals surface area contributed by atoms with Crippen LogP contribution in [0.1, 0.15) is 41.0 Å². The minimum Gasteiger partial charge on any atom is -0.459 e. The van der Waals surface area contributed by atoms with Gasteiger partial charge in [0, 0.05) is 18.0 Å². The molecule has 3 rings (SSSR count). The lowest BCUT2D eigenvalue weighted by Crippen LogP contribution is -2.35. The number of urea groups is 1. The van der Waals surface area contributed by atoms with Gasteiger partial charge in [-0.25, -0.2) is 14.2 Å². The number of thiazole rings is 1. The Morgan fingerprint density at radius 3 is 2.71 bits per heavy atom. The van der Waals surface area contributed by atoms with Gasteiger partial charge >= 0.3 is 6.03 Å². The second-order valence-corrected chi connectivity index (χ2v) is 7.69. The number of nitrogens with zero attached hydrogens (tertiary/aromatic N) is 1. The Labute approximate surface area is 165 Å². The summed E-state index contributed by atoms with van der Waals surface area (Å²) >= 11 is 1.07. The van der Waals surface area contributed by atoms with Crippen molar-refractivity contribution in [2.45, 2.75) is 26.8 Å². The van der Waals surface area contributed by atoms with Crippen molar-refractivity contribution in [3.05, 3.63) is 46.5 Å². The van der Waals surface area contributed by atoms with Crippen LogP contribution in [0.15, 0.2) is 28.8 Å². The van der Waals surface area contributed by atoms with E-state index in [1.165, 1.54) is 25.4 Å². The molecule has 0 spiro atoms. The van der Waals surface area contributed by atoms with Crippen molar-refractivity contribution < 1.29 is 18.4 Å². The number of benzene rings is 1. The zero-order valence-electron chi connectivity index (χ0n) is 15.9. The van der Waals surface area contributed by atoms with Crippen molar-refractivity contribution in [2.75, 3.05) is 12.4 Å². The van der Waals surface area contributed by atoms with Crippen molar-refractivity contribution >= 4 is 39.2 Å². The fourth-order valence-electron chi connectivity index (χ4n) is 2.88. The fraction of sp³-hybridized carbons (Fsp3) is 0.316. The molecule has 1 atom stereocenters. The van der Waals surface area contributed by atoms with Crippen molar-refractivity contribution in [1.82, 2.24) is 15.6 Å². The third kappa shape index (κ3) is 3.99. The molecule has 0 saturated heterocycles. The smallest absolute Gasteiger partial charge is 0.320 e. The molecule has 7 nitrogen and oxygen atoms in total. The summed E-state index contributed by atoms with van der Waals surface area (Å²) in [5.41, 5.74) is 1.35. The molecule has 9 heteroatoms. The number of halogens is 1. The molecule has 0 radical (unpaired) electrons. The quantitative estimate of drug-likeness (QED) is 0.593. The van der Waals surface area contributed by atoms with Crippen LogP contribution in [0.5, 0.6) is 0 Å². The Hall–Kier alpha value is -2.94. The van der Waals surface area contributed by atoms with E-state index in [2.05, 4.69) is 20.9 Å². The minimum atomic E-state index is -0.447. The van der Waals surface area contributed by atoms with E-state index < -0.39 is 12.1 Å². The molecule has 0 aliphatic heterocycles. The summed E-state index contributed by atoms with van der Waals surface area (Å²) in [6.45, 7) is 5.75. The number of carbonyl (C=O) groups is 2. The number of furan rings is 1. The summed E-state index contributed by atoms with van der Waals surface area (Å²) in [5, 5.41) is 9.44. The molecule has 28 heavy (non-hydrogen) atoms. The first-order valence-corrected chi connectivity index (χ1v) is 9.55. The van der Waals surface area contributed by atoms with Gasteiger partial charge in [0.25, 0.3) is 5.91 Å². The first kappa shape index (κ1) is 19.8. The van der Waals surface area contributed by atoms with Crippen LogP contribution in [0.2, 0.25) is 0 Å². The van der Waals surface area contributed by atoms with Gasteiger partial charge in [-0.1, -0.05) is 25.2 Å². The summed E-state index contributed by atoms with van der Waals surface area (Å²) in [6.07, 6.45) is 1.43. The van der Waals surface area contributed by atoms with Gasteiger partial charge in [-0.15, -0.1) is 0 Å². The first-order valence-electron chi connectivity index (χ1n) is 8.74. The summed E-state index contributed by atoms with van der Waals surface area (Å²) < 4.78 is 19.5. The van der Waals surface area contributed by atoms with Crippen LogP contribution in [0.3, 0.4) is 0 Å². The van der Waals surface area contributed by atoms with Crippen LogP contribution >= 0.6 is 11.3 Å². The van der Waals surface area contributed by atoms with Gasteiger partial charge in [-0.05, 0) is 31.0 Å². The second kappa shape index (κ2) is 7.97. The number of carbonyl (C=O) groups excluding carboxylic acids is 2. The lowest BCUT2D eigenvalue weighted by Gasteiger charge is -2.21. The van der Waals surface area contributed by atoms with E-state index in [1.54, 1.807) is 6.07 Å². The number of hydrogen-bond donors (Lipinski definition) is 3. The molecule has 0 bridgehead atoms. The molecule has 2 heterocycles. The number of hydrogen-bond acceptors (Lipinski definition) is 5. The molecule has 1 aromatic carbocycles. The Morgan fingerprint density at radius 2 is 2.04 bits per heavy atom. The number of rotatable bonds is 5. The maximum Gasteiger partial charge on any atom is 0.320 e. The molecule has 3 aromatic rings. The Kier molecular flexibility index (Phi) is 5.64. The lowest BCUT2D eigenvalue weighted by molar-refractivity contribution is 0.0962. The largest absolute Gasteiger partial charge is 0.459 e. The third-order valence-corrected chi connectivity index (χ3v) is 5.25. The van der Waals surface area contributed by atoms with E-state index in [9.17, 15) is 14.0 Å². The average Bonchev–Trinajstić information content (AvgIpc) is 3.24. The van der Waals surface area contributed by atoms with Crippen molar-refractivity contribution in [1.29, 1.82) is 0 Å².